The van der Waals surface area contributed by atoms with Crippen LogP contribution >= 0.6 is 15.2 Å². The second kappa shape index (κ2) is 4.08. The summed E-state index contributed by atoms with van der Waals surface area (Å²) >= 11 is 0. The summed E-state index contributed by atoms with van der Waals surface area (Å²) in [4.78, 5) is 43.7. The molecular weight excluding hydrogens is 242 g/mol. The first kappa shape index (κ1) is 13.7. The highest BCUT2D eigenvalue weighted by Gasteiger charge is 2.49. The molecule has 0 saturated carbocycles. The van der Waals surface area contributed by atoms with E-state index in [0.717, 1.165) is 0 Å². The van der Waals surface area contributed by atoms with Crippen molar-refractivity contribution in [2.75, 3.05) is 0 Å². The van der Waals surface area contributed by atoms with Gasteiger partial charge < -0.3 is 29.8 Å². The number of hydrogen-bond donors (Lipinski definition) is 6. The second-order valence-corrected chi connectivity index (χ2v) is 5.82. The minimum atomic E-state index is -5.33. The third kappa shape index (κ3) is 3.47. The molecule has 0 rings (SSSR count). The fourth-order valence-electron chi connectivity index (χ4n) is 0.629. The molecule has 0 fully saturated rings. The number of rotatable bonds is 4. The van der Waals surface area contributed by atoms with Gasteiger partial charge in [0.25, 0.3) is 0 Å². The molecule has 0 aromatic rings. The number of carbonyl (C=O) groups is 1. The molecule has 0 radical (unpaired) electrons. The summed E-state index contributed by atoms with van der Waals surface area (Å²) in [6.45, 7) is 0. The molecule has 0 aromatic carbocycles. The van der Waals surface area contributed by atoms with Crippen LogP contribution in [-0.4, -0.2) is 47.3 Å². The number of aliphatic hydroxyl groups excluding tert-OH is 1. The molecule has 0 bridgehead atoms. The summed E-state index contributed by atoms with van der Waals surface area (Å²) < 4.78 is 20.8. The van der Waals surface area contributed by atoms with Crippen LogP contribution in [0.25, 0.3) is 0 Å². The number of hydrogen-bond acceptors (Lipinski definition) is 4. The first-order valence-electron chi connectivity index (χ1n) is 2.99. The fourth-order valence-corrected chi connectivity index (χ4v) is 2.80. The van der Waals surface area contributed by atoms with Crippen molar-refractivity contribution in [2.45, 2.75) is 11.5 Å². The third-order valence-electron chi connectivity index (χ3n) is 1.24. The van der Waals surface area contributed by atoms with Gasteiger partial charge in [0.05, 0.1) is 0 Å². The zero-order valence-corrected chi connectivity index (χ0v) is 8.25. The van der Waals surface area contributed by atoms with Gasteiger partial charge in [-0.2, -0.15) is 0 Å². The van der Waals surface area contributed by atoms with Crippen molar-refractivity contribution in [3.8, 4) is 0 Å². The van der Waals surface area contributed by atoms with E-state index in [2.05, 4.69) is 0 Å². The highest BCUT2D eigenvalue weighted by Crippen LogP contribution is 2.53. The van der Waals surface area contributed by atoms with Crippen molar-refractivity contribution in [3.63, 3.8) is 0 Å². The van der Waals surface area contributed by atoms with Gasteiger partial charge in [-0.25, -0.2) is 0 Å². The topological polar surface area (TPSA) is 173 Å². The van der Waals surface area contributed by atoms with Gasteiger partial charge in [-0.1, -0.05) is 0 Å². The maximum atomic E-state index is 10.5. The fraction of sp³-hybridized carbons (Fsp3) is 0.667. The van der Waals surface area contributed by atoms with Crippen molar-refractivity contribution >= 4 is 21.2 Å². The van der Waals surface area contributed by atoms with Gasteiger partial charge in [-0.15, -0.1) is 0 Å². The lowest BCUT2D eigenvalue weighted by molar-refractivity contribution is -0.138. The summed E-state index contributed by atoms with van der Waals surface area (Å²) in [5.74, 6) is -5.12. The standard InChI is InChI=1S/C3H8O9P2/c4-2(5)1(13(7,8)9)3(6)14(10,11)12/h1,3,6H,(H,4,5)(H2,7,8,9)(H2,10,11,12). The molecule has 0 saturated heterocycles. The predicted octanol–water partition coefficient (Wildman–Crippen LogP) is -1.89. The van der Waals surface area contributed by atoms with Gasteiger partial charge in [-0.05, 0) is 0 Å². The van der Waals surface area contributed by atoms with Crippen LogP contribution in [0.4, 0.5) is 0 Å². The molecule has 0 heterocycles. The molecule has 14 heavy (non-hydrogen) atoms. The number of carboxylic acid groups (broad SMARTS) is 1. The molecule has 11 heteroatoms. The van der Waals surface area contributed by atoms with E-state index in [1.54, 1.807) is 0 Å². The highest BCUT2D eigenvalue weighted by atomic mass is 31.2. The smallest absolute Gasteiger partial charge is 0.355 e. The lowest BCUT2D eigenvalue weighted by Gasteiger charge is -2.20. The first-order chi connectivity index (χ1) is 5.98. The zero-order chi connectivity index (χ0) is 11.7. The number of aliphatic carboxylic acids is 1. The minimum absolute atomic E-state index is 2.19. The molecule has 6 N–H and O–H groups in total. The Kier molecular flexibility index (Phi) is 4.00. The van der Waals surface area contributed by atoms with Crippen LogP contribution in [0.1, 0.15) is 0 Å². The zero-order valence-electron chi connectivity index (χ0n) is 6.46. The Morgan fingerprint density at radius 3 is 1.43 bits per heavy atom. The second-order valence-electron chi connectivity index (χ2n) is 2.37. The molecule has 0 spiro atoms. The quantitative estimate of drug-likeness (QED) is 0.312. The maximum absolute atomic E-state index is 10.5. The minimum Gasteiger partial charge on any atom is -0.480 e. The van der Waals surface area contributed by atoms with Gasteiger partial charge >= 0.3 is 21.2 Å². The van der Waals surface area contributed by atoms with E-state index in [9.17, 15) is 13.9 Å². The van der Waals surface area contributed by atoms with E-state index < -0.39 is 32.7 Å². The third-order valence-corrected chi connectivity index (χ3v) is 3.69. The number of carboxylic acids is 1. The lowest BCUT2D eigenvalue weighted by atomic mass is 10.4. The Balaban J connectivity index is 5.17. The Morgan fingerprint density at radius 1 is 1.00 bits per heavy atom. The van der Waals surface area contributed by atoms with Gasteiger partial charge in [0.15, 0.2) is 11.5 Å². The average Bonchev–Trinajstić information content (AvgIpc) is 1.79. The lowest BCUT2D eigenvalue weighted by Crippen LogP contribution is -2.33. The van der Waals surface area contributed by atoms with Crippen molar-refractivity contribution in [3.05, 3.63) is 0 Å². The molecule has 2 unspecified atom stereocenters. The van der Waals surface area contributed by atoms with Crippen LogP contribution in [0, 0.1) is 0 Å². The van der Waals surface area contributed by atoms with Crippen LogP contribution in [0.5, 0.6) is 0 Å². The van der Waals surface area contributed by atoms with Gasteiger partial charge in [0, 0.05) is 0 Å². The molecule has 0 aliphatic heterocycles. The highest BCUT2D eigenvalue weighted by molar-refractivity contribution is 7.57. The number of aliphatic hydroxyl groups is 1. The van der Waals surface area contributed by atoms with Crippen molar-refractivity contribution in [1.29, 1.82) is 0 Å². The van der Waals surface area contributed by atoms with Crippen LogP contribution in [0.15, 0.2) is 0 Å². The van der Waals surface area contributed by atoms with Gasteiger partial charge in [0.2, 0.25) is 0 Å². The SMILES string of the molecule is O=C(O)C(C(O)P(=O)(O)O)P(=O)(O)O. The van der Waals surface area contributed by atoms with Gasteiger partial charge in [0.1, 0.15) is 0 Å². The Hall–Kier alpha value is -0.270. The maximum Gasteiger partial charge on any atom is 0.355 e. The van der Waals surface area contributed by atoms with Crippen LogP contribution in [0.3, 0.4) is 0 Å². The van der Waals surface area contributed by atoms with Crippen molar-refractivity contribution in [1.82, 2.24) is 0 Å². The van der Waals surface area contributed by atoms with E-state index in [-0.39, 0.29) is 0 Å². The monoisotopic (exact) mass is 250 g/mol. The Morgan fingerprint density at radius 2 is 1.36 bits per heavy atom. The van der Waals surface area contributed by atoms with E-state index in [4.69, 9.17) is 29.8 Å². The predicted molar refractivity (Wildman–Crippen MR) is 41.5 cm³/mol. The van der Waals surface area contributed by atoms with Crippen LogP contribution < -0.4 is 0 Å². The first-order valence-corrected chi connectivity index (χ1v) is 6.35. The summed E-state index contributed by atoms with van der Waals surface area (Å²) in [5.41, 5.74) is -2.83. The Bertz CT molecular complexity index is 310. The molecule has 84 valence electrons. The summed E-state index contributed by atoms with van der Waals surface area (Å²) in [7, 11) is -10.6. The molecule has 0 amide bonds. The van der Waals surface area contributed by atoms with E-state index in [0.29, 0.717) is 0 Å². The largest absolute Gasteiger partial charge is 0.480 e. The molecular formula is C3H8O9P2. The molecule has 0 aliphatic carbocycles. The molecule has 9 nitrogen and oxygen atoms in total. The Labute approximate surface area is 77.3 Å². The van der Waals surface area contributed by atoms with E-state index in [1.807, 2.05) is 0 Å². The van der Waals surface area contributed by atoms with Crippen molar-refractivity contribution < 1.29 is 43.7 Å². The molecule has 2 atom stereocenters. The van der Waals surface area contributed by atoms with E-state index in [1.165, 1.54) is 0 Å². The molecule has 0 aliphatic rings. The molecule has 0 aromatic heterocycles. The van der Waals surface area contributed by atoms with Gasteiger partial charge in [-0.3, -0.25) is 13.9 Å². The van der Waals surface area contributed by atoms with E-state index >= 15 is 0 Å². The summed E-state index contributed by atoms with van der Waals surface area (Å²) in [6.07, 6.45) is 0. The summed E-state index contributed by atoms with van der Waals surface area (Å²) in [5, 5.41) is 17.0. The summed E-state index contributed by atoms with van der Waals surface area (Å²) in [6, 6.07) is 0. The van der Waals surface area contributed by atoms with Crippen molar-refractivity contribution in [2.24, 2.45) is 0 Å². The van der Waals surface area contributed by atoms with Crippen LogP contribution in [-0.2, 0) is 13.9 Å². The normalized spacial score (nSPS) is 17.5. The average molecular weight is 250 g/mol. The van der Waals surface area contributed by atoms with Crippen LogP contribution in [0.2, 0.25) is 0 Å².